The topological polar surface area (TPSA) is 51.2 Å². The summed E-state index contributed by atoms with van der Waals surface area (Å²) in [5.74, 6) is 0.821. The number of halogens is 1. The molecule has 0 aromatic heterocycles. The largest absolute Gasteiger partial charge is 0.477 e. The fraction of sp³-hybridized carbons (Fsp3) is 0.400. The standard InChI is InChI=1S/C25H27FN2O4/c1-17-24-19(15-28(16-31-24)8-4-7-27-9-11-30-12-10-27)13-20-23(29)22(32-25(17)20)14-18-5-2-3-6-21(18)26/h2-3,5-6,13-14H,4,7-12,15-16H2,1H3/b22-14-. The van der Waals surface area contributed by atoms with Gasteiger partial charge in [-0.1, -0.05) is 18.2 Å². The molecule has 3 aliphatic heterocycles. The minimum atomic E-state index is -0.389. The van der Waals surface area contributed by atoms with Crippen LogP contribution in [0.5, 0.6) is 11.5 Å². The minimum absolute atomic E-state index is 0.137. The predicted octanol–water partition coefficient (Wildman–Crippen LogP) is 3.62. The molecule has 1 saturated heterocycles. The van der Waals surface area contributed by atoms with Crippen LogP contribution in [0.4, 0.5) is 4.39 Å². The van der Waals surface area contributed by atoms with E-state index in [0.29, 0.717) is 23.6 Å². The number of Topliss-reactive ketones (excluding diaryl/α,β-unsaturated/α-hetero) is 1. The van der Waals surface area contributed by atoms with Crippen molar-refractivity contribution in [1.82, 2.24) is 9.80 Å². The molecule has 168 valence electrons. The van der Waals surface area contributed by atoms with E-state index in [-0.39, 0.29) is 17.4 Å². The molecule has 6 nitrogen and oxygen atoms in total. The first-order valence-corrected chi connectivity index (χ1v) is 11.1. The Bertz CT molecular complexity index is 1060. The Morgan fingerprint density at radius 2 is 1.88 bits per heavy atom. The Kier molecular flexibility index (Phi) is 5.95. The molecule has 0 N–H and O–H groups in total. The number of allylic oxidation sites excluding steroid dienone is 1. The lowest BCUT2D eigenvalue weighted by molar-refractivity contribution is 0.0329. The highest BCUT2D eigenvalue weighted by molar-refractivity contribution is 6.15. The monoisotopic (exact) mass is 438 g/mol. The van der Waals surface area contributed by atoms with E-state index in [1.165, 1.54) is 12.1 Å². The van der Waals surface area contributed by atoms with Gasteiger partial charge in [-0.15, -0.1) is 0 Å². The summed E-state index contributed by atoms with van der Waals surface area (Å²) in [5.41, 5.74) is 2.65. The minimum Gasteiger partial charge on any atom is -0.477 e. The number of hydrogen-bond donors (Lipinski definition) is 0. The van der Waals surface area contributed by atoms with Crippen molar-refractivity contribution in [2.75, 3.05) is 46.1 Å². The van der Waals surface area contributed by atoms with Crippen LogP contribution in [0, 0.1) is 12.7 Å². The van der Waals surface area contributed by atoms with Crippen molar-refractivity contribution in [2.24, 2.45) is 0 Å². The summed E-state index contributed by atoms with van der Waals surface area (Å²) >= 11 is 0. The number of carbonyl (C=O) groups excluding carboxylic acids is 1. The first-order chi connectivity index (χ1) is 15.6. The van der Waals surface area contributed by atoms with Gasteiger partial charge in [0.05, 0.1) is 18.8 Å². The van der Waals surface area contributed by atoms with Crippen LogP contribution in [-0.2, 0) is 11.3 Å². The molecule has 5 rings (SSSR count). The van der Waals surface area contributed by atoms with Crippen LogP contribution >= 0.6 is 0 Å². The van der Waals surface area contributed by atoms with E-state index in [9.17, 15) is 9.18 Å². The normalized spacial score (nSPS) is 20.1. The lowest BCUT2D eigenvalue weighted by Gasteiger charge is -2.31. The van der Waals surface area contributed by atoms with Gasteiger partial charge >= 0.3 is 0 Å². The molecule has 2 aromatic carbocycles. The van der Waals surface area contributed by atoms with E-state index >= 15 is 0 Å². The third-order valence-electron chi connectivity index (χ3n) is 6.25. The molecule has 2 aromatic rings. The summed E-state index contributed by atoms with van der Waals surface area (Å²) in [6.07, 6.45) is 2.52. The summed E-state index contributed by atoms with van der Waals surface area (Å²) in [6.45, 7) is 8.74. The van der Waals surface area contributed by atoms with E-state index in [1.54, 1.807) is 18.2 Å². The number of ketones is 1. The summed E-state index contributed by atoms with van der Waals surface area (Å²) in [5, 5.41) is 0. The number of rotatable bonds is 5. The molecule has 0 atom stereocenters. The van der Waals surface area contributed by atoms with Crippen LogP contribution in [0.1, 0.15) is 33.5 Å². The van der Waals surface area contributed by atoms with Crippen molar-refractivity contribution in [3.8, 4) is 11.5 Å². The predicted molar refractivity (Wildman–Crippen MR) is 118 cm³/mol. The van der Waals surface area contributed by atoms with Gasteiger partial charge in [-0.25, -0.2) is 4.39 Å². The van der Waals surface area contributed by atoms with Crippen LogP contribution in [0.2, 0.25) is 0 Å². The highest BCUT2D eigenvalue weighted by Crippen LogP contribution is 2.43. The SMILES string of the molecule is Cc1c2c(cc3c1O/C(=C\c1ccccc1F)C3=O)CN(CCCN1CCOCC1)CO2. The fourth-order valence-corrected chi connectivity index (χ4v) is 4.52. The van der Waals surface area contributed by atoms with Crippen LogP contribution < -0.4 is 9.47 Å². The molecule has 0 saturated carbocycles. The Morgan fingerprint density at radius 3 is 2.69 bits per heavy atom. The molecule has 0 spiro atoms. The van der Waals surface area contributed by atoms with Gasteiger partial charge in [-0.2, -0.15) is 0 Å². The molecule has 32 heavy (non-hydrogen) atoms. The second-order valence-electron chi connectivity index (χ2n) is 8.46. The van der Waals surface area contributed by atoms with Crippen LogP contribution in [0.3, 0.4) is 0 Å². The number of morpholine rings is 1. The van der Waals surface area contributed by atoms with Crippen molar-refractivity contribution in [1.29, 1.82) is 0 Å². The van der Waals surface area contributed by atoms with Gasteiger partial charge in [0.15, 0.2) is 5.76 Å². The Morgan fingerprint density at radius 1 is 1.09 bits per heavy atom. The van der Waals surface area contributed by atoms with Gasteiger partial charge in [0, 0.05) is 42.9 Å². The Hall–Kier alpha value is -2.74. The molecule has 3 heterocycles. The van der Waals surface area contributed by atoms with Gasteiger partial charge in [0.25, 0.3) is 0 Å². The van der Waals surface area contributed by atoms with Gasteiger partial charge in [0.1, 0.15) is 24.0 Å². The Balaban J connectivity index is 1.30. The highest BCUT2D eigenvalue weighted by atomic mass is 19.1. The number of nitrogens with zero attached hydrogens (tertiary/aromatic N) is 2. The lowest BCUT2D eigenvalue weighted by Crippen LogP contribution is -2.39. The molecule has 0 aliphatic carbocycles. The second kappa shape index (κ2) is 9.02. The molecule has 0 unspecified atom stereocenters. The van der Waals surface area contributed by atoms with E-state index in [1.807, 2.05) is 13.0 Å². The van der Waals surface area contributed by atoms with Gasteiger partial charge < -0.3 is 14.2 Å². The number of ether oxygens (including phenoxy) is 3. The first-order valence-electron chi connectivity index (χ1n) is 11.1. The maximum atomic E-state index is 14.0. The number of carbonyl (C=O) groups is 1. The zero-order valence-corrected chi connectivity index (χ0v) is 18.2. The summed E-state index contributed by atoms with van der Waals surface area (Å²) < 4.78 is 31.4. The van der Waals surface area contributed by atoms with E-state index in [4.69, 9.17) is 14.2 Å². The van der Waals surface area contributed by atoms with Crippen molar-refractivity contribution < 1.29 is 23.4 Å². The molecule has 7 heteroatoms. The number of benzene rings is 2. The van der Waals surface area contributed by atoms with Crippen molar-refractivity contribution in [3.05, 3.63) is 64.2 Å². The molecular weight excluding hydrogens is 411 g/mol. The third kappa shape index (κ3) is 4.16. The quantitative estimate of drug-likeness (QED) is 0.665. The molecule has 0 radical (unpaired) electrons. The van der Waals surface area contributed by atoms with E-state index in [0.717, 1.165) is 69.2 Å². The highest BCUT2D eigenvalue weighted by Gasteiger charge is 2.33. The summed E-state index contributed by atoms with van der Waals surface area (Å²) in [7, 11) is 0. The van der Waals surface area contributed by atoms with Gasteiger partial charge in [-0.05, 0) is 38.1 Å². The van der Waals surface area contributed by atoms with Crippen molar-refractivity contribution in [3.63, 3.8) is 0 Å². The van der Waals surface area contributed by atoms with Crippen molar-refractivity contribution in [2.45, 2.75) is 19.9 Å². The van der Waals surface area contributed by atoms with E-state index in [2.05, 4.69) is 9.80 Å². The van der Waals surface area contributed by atoms with Gasteiger partial charge in [0.2, 0.25) is 5.78 Å². The maximum Gasteiger partial charge on any atom is 0.231 e. The van der Waals surface area contributed by atoms with E-state index < -0.39 is 0 Å². The molecule has 0 bridgehead atoms. The third-order valence-corrected chi connectivity index (χ3v) is 6.25. The number of hydrogen-bond acceptors (Lipinski definition) is 6. The average Bonchev–Trinajstić information content (AvgIpc) is 3.12. The average molecular weight is 438 g/mol. The molecular formula is C25H27FN2O4. The molecule has 3 aliphatic rings. The van der Waals surface area contributed by atoms with Gasteiger partial charge in [-0.3, -0.25) is 14.6 Å². The zero-order chi connectivity index (χ0) is 22.1. The zero-order valence-electron chi connectivity index (χ0n) is 18.2. The first kappa shape index (κ1) is 21.1. The molecule has 0 amide bonds. The lowest BCUT2D eigenvalue weighted by atomic mass is 10.00. The smallest absolute Gasteiger partial charge is 0.231 e. The summed E-state index contributed by atoms with van der Waals surface area (Å²) in [4.78, 5) is 17.7. The second-order valence-corrected chi connectivity index (χ2v) is 8.46. The summed E-state index contributed by atoms with van der Waals surface area (Å²) in [6, 6.07) is 8.21. The maximum absolute atomic E-state index is 14.0. The van der Waals surface area contributed by atoms with Crippen LogP contribution in [0.25, 0.3) is 6.08 Å². The Labute approximate surface area is 187 Å². The number of fused-ring (bicyclic) bond motifs is 2. The molecule has 1 fully saturated rings. The van der Waals surface area contributed by atoms with Crippen LogP contribution in [0.15, 0.2) is 36.1 Å². The van der Waals surface area contributed by atoms with Crippen LogP contribution in [-0.4, -0.2) is 61.7 Å². The van der Waals surface area contributed by atoms with Crippen molar-refractivity contribution >= 4 is 11.9 Å². The fourth-order valence-electron chi connectivity index (χ4n) is 4.52.